The van der Waals surface area contributed by atoms with Crippen molar-refractivity contribution in [3.05, 3.63) is 48.1 Å². The lowest BCUT2D eigenvalue weighted by molar-refractivity contribution is 0.0586. The standard InChI is InChI=1S/C24H38O3/c1-6-21(26)20-13-11-17(3)23(24(20,4)5)22(27)14-12-19(25)15-18-10-8-7-9-16(18)2/h6,12,14,18-22,25-27H,1-2,7-11,13,15H2,3-5H3/b14-12-/t18?,19-,20-,21+,22+/m1/s1. The minimum Gasteiger partial charge on any atom is -0.389 e. The summed E-state index contributed by atoms with van der Waals surface area (Å²) in [4.78, 5) is 0. The molecule has 0 heterocycles. The van der Waals surface area contributed by atoms with E-state index in [1.165, 1.54) is 24.0 Å². The van der Waals surface area contributed by atoms with Crippen LogP contribution < -0.4 is 0 Å². The minimum atomic E-state index is -0.746. The van der Waals surface area contributed by atoms with Gasteiger partial charge >= 0.3 is 0 Å². The van der Waals surface area contributed by atoms with Crippen molar-refractivity contribution in [2.24, 2.45) is 17.3 Å². The molecule has 2 aliphatic carbocycles. The summed E-state index contributed by atoms with van der Waals surface area (Å²) in [7, 11) is 0. The van der Waals surface area contributed by atoms with Gasteiger partial charge in [0.2, 0.25) is 0 Å². The molecule has 3 heteroatoms. The van der Waals surface area contributed by atoms with E-state index >= 15 is 0 Å². The molecule has 0 aromatic carbocycles. The van der Waals surface area contributed by atoms with Crippen molar-refractivity contribution in [2.75, 3.05) is 0 Å². The van der Waals surface area contributed by atoms with Crippen LogP contribution in [-0.2, 0) is 0 Å². The fourth-order valence-electron chi connectivity index (χ4n) is 5.15. The van der Waals surface area contributed by atoms with Crippen LogP contribution in [-0.4, -0.2) is 33.6 Å². The summed E-state index contributed by atoms with van der Waals surface area (Å²) in [6.45, 7) is 14.1. The summed E-state index contributed by atoms with van der Waals surface area (Å²) >= 11 is 0. The molecule has 0 bridgehead atoms. The van der Waals surface area contributed by atoms with Gasteiger partial charge < -0.3 is 15.3 Å². The highest BCUT2D eigenvalue weighted by Gasteiger charge is 2.42. The Bertz CT molecular complexity index is 599. The van der Waals surface area contributed by atoms with Crippen LogP contribution in [0.2, 0.25) is 0 Å². The maximum Gasteiger partial charge on any atom is 0.0940 e. The fourth-order valence-corrected chi connectivity index (χ4v) is 5.15. The highest BCUT2D eigenvalue weighted by atomic mass is 16.3. The molecule has 152 valence electrons. The first-order valence-corrected chi connectivity index (χ1v) is 10.4. The number of rotatable bonds is 7. The molecule has 0 aromatic rings. The van der Waals surface area contributed by atoms with Gasteiger partial charge in [0, 0.05) is 0 Å². The topological polar surface area (TPSA) is 60.7 Å². The zero-order chi connectivity index (χ0) is 20.2. The summed E-state index contributed by atoms with van der Waals surface area (Å²) in [5, 5.41) is 31.7. The smallest absolute Gasteiger partial charge is 0.0940 e. The third kappa shape index (κ3) is 5.22. The number of aliphatic hydroxyl groups is 3. The third-order valence-corrected chi connectivity index (χ3v) is 6.78. The molecule has 0 aromatic heterocycles. The molecule has 3 N–H and O–H groups in total. The van der Waals surface area contributed by atoms with E-state index in [1.54, 1.807) is 18.2 Å². The molecule has 0 aliphatic heterocycles. The van der Waals surface area contributed by atoms with Crippen molar-refractivity contribution in [1.29, 1.82) is 0 Å². The Morgan fingerprint density at radius 2 is 1.81 bits per heavy atom. The van der Waals surface area contributed by atoms with Gasteiger partial charge in [-0.15, -0.1) is 6.58 Å². The van der Waals surface area contributed by atoms with Crippen LogP contribution in [0.25, 0.3) is 0 Å². The Labute approximate surface area is 165 Å². The van der Waals surface area contributed by atoms with E-state index in [0.717, 1.165) is 31.3 Å². The van der Waals surface area contributed by atoms with Crippen LogP contribution in [0.1, 0.15) is 65.7 Å². The highest BCUT2D eigenvalue weighted by molar-refractivity contribution is 5.31. The van der Waals surface area contributed by atoms with Crippen molar-refractivity contribution in [3.8, 4) is 0 Å². The Balaban J connectivity index is 2.08. The van der Waals surface area contributed by atoms with Gasteiger partial charge in [-0.1, -0.05) is 56.2 Å². The van der Waals surface area contributed by atoms with Gasteiger partial charge in [0.15, 0.2) is 0 Å². The second-order valence-electron chi connectivity index (χ2n) is 9.02. The average molecular weight is 375 g/mol. The summed E-state index contributed by atoms with van der Waals surface area (Å²) in [6.07, 6.45) is 10.2. The highest BCUT2D eigenvalue weighted by Crippen LogP contribution is 2.47. The Hall–Kier alpha value is -1.16. The SMILES string of the molecule is C=C[C@H](O)[C@H]1CCC(C)=C([C@@H](O)/C=C\[C@@H](O)CC2CCCCC2=C)C1(C)C. The van der Waals surface area contributed by atoms with Crippen molar-refractivity contribution in [2.45, 2.75) is 84.0 Å². The number of allylic oxidation sites excluding steroid dienone is 2. The van der Waals surface area contributed by atoms with E-state index < -0.39 is 18.3 Å². The molecule has 0 saturated heterocycles. The predicted octanol–water partition coefficient (Wildman–Crippen LogP) is 4.70. The van der Waals surface area contributed by atoms with Crippen LogP contribution in [0, 0.1) is 17.3 Å². The molecule has 0 amide bonds. The van der Waals surface area contributed by atoms with Gasteiger partial charge in [-0.05, 0) is 68.3 Å². The van der Waals surface area contributed by atoms with Gasteiger partial charge in [0.05, 0.1) is 18.3 Å². The molecule has 0 radical (unpaired) electrons. The summed E-state index contributed by atoms with van der Waals surface area (Å²) in [5.74, 6) is 0.418. The van der Waals surface area contributed by atoms with Gasteiger partial charge in [-0.25, -0.2) is 0 Å². The Kier molecular flexibility index (Phi) is 7.67. The van der Waals surface area contributed by atoms with Crippen LogP contribution in [0.15, 0.2) is 48.1 Å². The zero-order valence-corrected chi connectivity index (χ0v) is 17.3. The van der Waals surface area contributed by atoms with Gasteiger partial charge in [-0.3, -0.25) is 0 Å². The van der Waals surface area contributed by atoms with Crippen molar-refractivity contribution >= 4 is 0 Å². The third-order valence-electron chi connectivity index (χ3n) is 6.78. The molecule has 5 atom stereocenters. The summed E-state index contributed by atoms with van der Waals surface area (Å²) < 4.78 is 0. The maximum absolute atomic E-state index is 10.9. The monoisotopic (exact) mass is 374 g/mol. The van der Waals surface area contributed by atoms with E-state index in [9.17, 15) is 15.3 Å². The molecule has 1 saturated carbocycles. The molecule has 1 unspecified atom stereocenters. The van der Waals surface area contributed by atoms with Gasteiger partial charge in [-0.2, -0.15) is 0 Å². The van der Waals surface area contributed by atoms with Crippen LogP contribution in [0.3, 0.4) is 0 Å². The number of hydrogen-bond donors (Lipinski definition) is 3. The summed E-state index contributed by atoms with van der Waals surface area (Å²) in [6, 6.07) is 0. The molecule has 2 rings (SSSR count). The lowest BCUT2D eigenvalue weighted by Gasteiger charge is -2.44. The zero-order valence-electron chi connectivity index (χ0n) is 17.3. The molecule has 1 fully saturated rings. The fraction of sp³-hybridized carbons (Fsp3) is 0.667. The number of aliphatic hydroxyl groups excluding tert-OH is 3. The van der Waals surface area contributed by atoms with E-state index in [-0.39, 0.29) is 11.3 Å². The van der Waals surface area contributed by atoms with Crippen LogP contribution in [0.4, 0.5) is 0 Å². The minimum absolute atomic E-state index is 0.0345. The second-order valence-corrected chi connectivity index (χ2v) is 9.02. The lowest BCUT2D eigenvalue weighted by Crippen LogP contribution is -2.41. The van der Waals surface area contributed by atoms with Crippen molar-refractivity contribution in [3.63, 3.8) is 0 Å². The molecule has 27 heavy (non-hydrogen) atoms. The molecule has 3 nitrogen and oxygen atoms in total. The van der Waals surface area contributed by atoms with E-state index in [2.05, 4.69) is 33.9 Å². The van der Waals surface area contributed by atoms with Gasteiger partial charge in [0.25, 0.3) is 0 Å². The largest absolute Gasteiger partial charge is 0.389 e. The van der Waals surface area contributed by atoms with Gasteiger partial charge in [0.1, 0.15) is 0 Å². The number of hydrogen-bond acceptors (Lipinski definition) is 3. The normalized spacial score (nSPS) is 29.6. The van der Waals surface area contributed by atoms with Crippen molar-refractivity contribution in [1.82, 2.24) is 0 Å². The summed E-state index contributed by atoms with van der Waals surface area (Å²) in [5.41, 5.74) is 3.06. The molecule has 2 aliphatic rings. The first-order chi connectivity index (χ1) is 12.7. The van der Waals surface area contributed by atoms with E-state index in [4.69, 9.17) is 0 Å². The van der Waals surface area contributed by atoms with E-state index in [1.807, 2.05) is 0 Å². The van der Waals surface area contributed by atoms with Crippen LogP contribution in [0.5, 0.6) is 0 Å². The Morgan fingerprint density at radius 3 is 2.44 bits per heavy atom. The predicted molar refractivity (Wildman–Crippen MR) is 112 cm³/mol. The van der Waals surface area contributed by atoms with Crippen molar-refractivity contribution < 1.29 is 15.3 Å². The molecular weight excluding hydrogens is 336 g/mol. The molecular formula is C24H38O3. The maximum atomic E-state index is 10.9. The lowest BCUT2D eigenvalue weighted by atomic mass is 9.62. The van der Waals surface area contributed by atoms with Crippen LogP contribution >= 0.6 is 0 Å². The average Bonchev–Trinajstić information content (AvgIpc) is 2.60. The quantitative estimate of drug-likeness (QED) is 0.566. The first kappa shape index (κ1) is 22.1. The van der Waals surface area contributed by atoms with E-state index in [0.29, 0.717) is 12.3 Å². The Morgan fingerprint density at radius 1 is 1.11 bits per heavy atom. The first-order valence-electron chi connectivity index (χ1n) is 10.4. The molecule has 0 spiro atoms. The second kappa shape index (κ2) is 9.36.